The van der Waals surface area contributed by atoms with Gasteiger partial charge in [-0.2, -0.15) is 0 Å². The summed E-state index contributed by atoms with van der Waals surface area (Å²) in [5.74, 6) is -1.06. The van der Waals surface area contributed by atoms with E-state index in [1.165, 1.54) is 0 Å². The second-order valence-electron chi connectivity index (χ2n) is 4.05. The van der Waals surface area contributed by atoms with E-state index in [2.05, 4.69) is 0 Å². The molecule has 1 aliphatic heterocycles. The molecule has 1 heterocycles. The number of carboxylic acids is 1. The first-order chi connectivity index (χ1) is 7.19. The van der Waals surface area contributed by atoms with Crippen molar-refractivity contribution in [2.24, 2.45) is 5.92 Å². The monoisotopic (exact) mass is 216 g/mol. The predicted molar refractivity (Wildman–Crippen MR) is 55.8 cm³/mol. The van der Waals surface area contributed by atoms with Crippen molar-refractivity contribution in [2.75, 3.05) is 13.7 Å². The summed E-state index contributed by atoms with van der Waals surface area (Å²) in [4.78, 5) is 11.0. The van der Waals surface area contributed by atoms with E-state index < -0.39 is 5.97 Å². The van der Waals surface area contributed by atoms with Crippen LogP contribution in [0, 0.1) is 5.92 Å². The van der Waals surface area contributed by atoms with E-state index in [-0.39, 0.29) is 18.1 Å². The van der Waals surface area contributed by atoms with Crippen molar-refractivity contribution >= 4 is 5.97 Å². The summed E-state index contributed by atoms with van der Waals surface area (Å²) in [6.45, 7) is 2.68. The van der Waals surface area contributed by atoms with E-state index in [1.807, 2.05) is 6.92 Å². The lowest BCUT2D eigenvalue weighted by Gasteiger charge is -2.14. The van der Waals surface area contributed by atoms with Gasteiger partial charge in [0.1, 0.15) is 0 Å². The van der Waals surface area contributed by atoms with Crippen molar-refractivity contribution in [1.29, 1.82) is 0 Å². The molecule has 0 aliphatic carbocycles. The molecule has 15 heavy (non-hydrogen) atoms. The van der Waals surface area contributed by atoms with Crippen LogP contribution in [0.25, 0.3) is 0 Å². The number of methoxy groups -OCH3 is 1. The van der Waals surface area contributed by atoms with Gasteiger partial charge >= 0.3 is 5.97 Å². The lowest BCUT2D eigenvalue weighted by molar-refractivity contribution is -0.143. The van der Waals surface area contributed by atoms with E-state index in [0.717, 1.165) is 19.3 Å². The highest BCUT2D eigenvalue weighted by Crippen LogP contribution is 2.31. The van der Waals surface area contributed by atoms with E-state index in [1.54, 1.807) is 7.11 Å². The van der Waals surface area contributed by atoms with Crippen LogP contribution in [-0.4, -0.2) is 37.0 Å². The Balaban J connectivity index is 2.45. The Morgan fingerprint density at radius 2 is 2.27 bits per heavy atom. The van der Waals surface area contributed by atoms with Crippen LogP contribution in [0.1, 0.15) is 32.6 Å². The van der Waals surface area contributed by atoms with Crippen molar-refractivity contribution in [1.82, 2.24) is 0 Å². The van der Waals surface area contributed by atoms with E-state index in [9.17, 15) is 4.79 Å². The molecule has 0 saturated carbocycles. The highest BCUT2D eigenvalue weighted by molar-refractivity contribution is 5.71. The SMILES string of the molecule is CCCC1OC(CCOC)CC1C(=O)O. The quantitative estimate of drug-likeness (QED) is 0.734. The van der Waals surface area contributed by atoms with Crippen molar-refractivity contribution in [2.45, 2.75) is 44.8 Å². The molecule has 1 N–H and O–H groups in total. The first kappa shape index (κ1) is 12.5. The minimum atomic E-state index is -0.728. The topological polar surface area (TPSA) is 55.8 Å². The van der Waals surface area contributed by atoms with Gasteiger partial charge in [-0.05, 0) is 19.3 Å². The Morgan fingerprint density at radius 3 is 2.80 bits per heavy atom. The fourth-order valence-corrected chi connectivity index (χ4v) is 2.08. The van der Waals surface area contributed by atoms with Gasteiger partial charge in [-0.1, -0.05) is 13.3 Å². The molecule has 0 aromatic heterocycles. The third-order valence-electron chi connectivity index (χ3n) is 2.87. The maximum absolute atomic E-state index is 11.0. The average Bonchev–Trinajstić information content (AvgIpc) is 2.59. The summed E-state index contributed by atoms with van der Waals surface area (Å²) in [6.07, 6.45) is 3.17. The molecule has 0 amide bonds. The molecule has 1 rings (SSSR count). The van der Waals surface area contributed by atoms with Gasteiger partial charge in [-0.3, -0.25) is 4.79 Å². The Bertz CT molecular complexity index is 205. The molecule has 0 aromatic rings. The van der Waals surface area contributed by atoms with Gasteiger partial charge in [0.15, 0.2) is 0 Å². The van der Waals surface area contributed by atoms with Gasteiger partial charge < -0.3 is 14.6 Å². The number of aliphatic carboxylic acids is 1. The summed E-state index contributed by atoms with van der Waals surface area (Å²) in [6, 6.07) is 0. The molecule has 3 unspecified atom stereocenters. The third-order valence-corrected chi connectivity index (χ3v) is 2.87. The van der Waals surface area contributed by atoms with Crippen LogP contribution >= 0.6 is 0 Å². The van der Waals surface area contributed by atoms with Gasteiger partial charge in [-0.15, -0.1) is 0 Å². The third kappa shape index (κ3) is 3.47. The smallest absolute Gasteiger partial charge is 0.309 e. The number of ether oxygens (including phenoxy) is 2. The lowest BCUT2D eigenvalue weighted by Crippen LogP contribution is -2.23. The molecule has 1 aliphatic rings. The first-order valence-electron chi connectivity index (χ1n) is 5.56. The molecule has 0 spiro atoms. The van der Waals surface area contributed by atoms with Crippen molar-refractivity contribution in [3.05, 3.63) is 0 Å². The van der Waals surface area contributed by atoms with Crippen LogP contribution in [0.2, 0.25) is 0 Å². The summed E-state index contributed by atoms with van der Waals surface area (Å²) >= 11 is 0. The minimum Gasteiger partial charge on any atom is -0.481 e. The first-order valence-corrected chi connectivity index (χ1v) is 5.56. The largest absolute Gasteiger partial charge is 0.481 e. The van der Waals surface area contributed by atoms with Gasteiger partial charge in [0, 0.05) is 13.7 Å². The number of hydrogen-bond acceptors (Lipinski definition) is 3. The summed E-state index contributed by atoms with van der Waals surface area (Å²) in [7, 11) is 1.65. The molecule has 3 atom stereocenters. The van der Waals surface area contributed by atoms with Crippen LogP contribution in [-0.2, 0) is 14.3 Å². The molecule has 0 bridgehead atoms. The maximum atomic E-state index is 11.0. The van der Waals surface area contributed by atoms with Crippen molar-refractivity contribution in [3.8, 4) is 0 Å². The maximum Gasteiger partial charge on any atom is 0.309 e. The Labute approximate surface area is 90.6 Å². The molecule has 4 heteroatoms. The van der Waals surface area contributed by atoms with E-state index >= 15 is 0 Å². The molecular weight excluding hydrogens is 196 g/mol. The standard InChI is InChI=1S/C11H20O4/c1-3-4-10-9(11(12)13)7-8(15-10)5-6-14-2/h8-10H,3-7H2,1-2H3,(H,12,13). The van der Waals surface area contributed by atoms with Gasteiger partial charge in [0.25, 0.3) is 0 Å². The summed E-state index contributed by atoms with van der Waals surface area (Å²) < 4.78 is 10.7. The van der Waals surface area contributed by atoms with Crippen LogP contribution in [0.15, 0.2) is 0 Å². The average molecular weight is 216 g/mol. The zero-order chi connectivity index (χ0) is 11.3. The van der Waals surface area contributed by atoms with Crippen LogP contribution in [0.4, 0.5) is 0 Å². The van der Waals surface area contributed by atoms with Crippen molar-refractivity contribution in [3.63, 3.8) is 0 Å². The van der Waals surface area contributed by atoms with E-state index in [4.69, 9.17) is 14.6 Å². The number of hydrogen-bond donors (Lipinski definition) is 1. The van der Waals surface area contributed by atoms with Crippen LogP contribution in [0.3, 0.4) is 0 Å². The highest BCUT2D eigenvalue weighted by atomic mass is 16.5. The zero-order valence-corrected chi connectivity index (χ0v) is 9.44. The Morgan fingerprint density at radius 1 is 1.53 bits per heavy atom. The summed E-state index contributed by atoms with van der Waals surface area (Å²) in [5.41, 5.74) is 0. The molecule has 0 radical (unpaired) electrons. The molecular formula is C11H20O4. The summed E-state index contributed by atoms with van der Waals surface area (Å²) in [5, 5.41) is 9.04. The number of rotatable bonds is 6. The van der Waals surface area contributed by atoms with Gasteiger partial charge in [0.05, 0.1) is 18.1 Å². The second kappa shape index (κ2) is 6.08. The minimum absolute atomic E-state index is 0.0580. The predicted octanol–water partition coefficient (Wildman–Crippen LogP) is 1.68. The van der Waals surface area contributed by atoms with Gasteiger partial charge in [-0.25, -0.2) is 0 Å². The van der Waals surface area contributed by atoms with Crippen molar-refractivity contribution < 1.29 is 19.4 Å². The number of carbonyl (C=O) groups is 1. The Hall–Kier alpha value is -0.610. The molecule has 0 aromatic carbocycles. The van der Waals surface area contributed by atoms with Crippen LogP contribution < -0.4 is 0 Å². The second-order valence-corrected chi connectivity index (χ2v) is 4.05. The molecule has 88 valence electrons. The molecule has 1 saturated heterocycles. The van der Waals surface area contributed by atoms with Gasteiger partial charge in [0.2, 0.25) is 0 Å². The highest BCUT2D eigenvalue weighted by Gasteiger charge is 2.38. The number of carboxylic acid groups (broad SMARTS) is 1. The normalized spacial score (nSPS) is 30.7. The molecule has 4 nitrogen and oxygen atoms in total. The Kier molecular flexibility index (Phi) is 5.05. The molecule has 1 fully saturated rings. The fourth-order valence-electron chi connectivity index (χ4n) is 2.08. The zero-order valence-electron chi connectivity index (χ0n) is 9.44. The lowest BCUT2D eigenvalue weighted by atomic mass is 9.96. The fraction of sp³-hybridized carbons (Fsp3) is 0.909. The van der Waals surface area contributed by atoms with Crippen LogP contribution in [0.5, 0.6) is 0 Å². The van der Waals surface area contributed by atoms with E-state index in [0.29, 0.717) is 13.0 Å².